The minimum Gasteiger partial charge on any atom is -0.341 e. The van der Waals surface area contributed by atoms with Gasteiger partial charge >= 0.3 is 5.69 Å². The number of nitrogens with zero attached hydrogens (tertiary/aromatic N) is 2. The van der Waals surface area contributed by atoms with Crippen molar-refractivity contribution >= 4 is 23.3 Å². The number of hydrogen-bond acceptors (Lipinski definition) is 4. The first-order chi connectivity index (χ1) is 14.8. The van der Waals surface area contributed by atoms with Crippen molar-refractivity contribution in [2.45, 2.75) is 26.3 Å². The van der Waals surface area contributed by atoms with E-state index in [1.54, 1.807) is 18.4 Å². The molecular formula is C24H27N3O3S. The molecule has 3 aromatic rings. The summed E-state index contributed by atoms with van der Waals surface area (Å²) in [6.07, 6.45) is 5.20. The number of hydrogen-bond donors (Lipinski definition) is 1. The molecule has 1 amide bonds. The van der Waals surface area contributed by atoms with Crippen LogP contribution in [0.15, 0.2) is 63.6 Å². The number of aryl methyl sites for hydroxylation is 1. The second-order valence-electron chi connectivity index (χ2n) is 7.97. The standard InChI is InChI=1S/C24H27N3O3S/c1-16(2)14-17-7-9-18(10-8-17)22(20-6-5-13-31-20)25-21(28)12-11-19-15-26(3)24(30)27(4)23(19)29/h5-13,15-16,22H,14H2,1-4H3,(H,25,28). The van der Waals surface area contributed by atoms with E-state index in [1.807, 2.05) is 17.5 Å². The Morgan fingerprint density at radius 3 is 2.45 bits per heavy atom. The average molecular weight is 438 g/mol. The van der Waals surface area contributed by atoms with Gasteiger partial charge in [0.2, 0.25) is 5.91 Å². The second kappa shape index (κ2) is 9.75. The van der Waals surface area contributed by atoms with Gasteiger partial charge in [0.05, 0.1) is 11.6 Å². The van der Waals surface area contributed by atoms with E-state index in [2.05, 4.69) is 43.4 Å². The van der Waals surface area contributed by atoms with E-state index in [0.717, 1.165) is 21.4 Å². The Kier molecular flexibility index (Phi) is 7.07. The van der Waals surface area contributed by atoms with E-state index in [-0.39, 0.29) is 17.5 Å². The molecule has 0 saturated carbocycles. The van der Waals surface area contributed by atoms with Crippen LogP contribution in [0.25, 0.3) is 6.08 Å². The molecule has 31 heavy (non-hydrogen) atoms. The summed E-state index contributed by atoms with van der Waals surface area (Å²) in [5.74, 6) is 0.259. The Bertz CT molecular complexity index is 1190. The molecule has 0 aliphatic heterocycles. The summed E-state index contributed by atoms with van der Waals surface area (Å²) in [5, 5.41) is 5.01. The van der Waals surface area contributed by atoms with E-state index in [9.17, 15) is 14.4 Å². The molecule has 1 aromatic carbocycles. The third kappa shape index (κ3) is 5.49. The van der Waals surface area contributed by atoms with Crippen molar-refractivity contribution in [3.05, 3.63) is 96.5 Å². The molecule has 0 aliphatic rings. The molecule has 0 radical (unpaired) electrons. The van der Waals surface area contributed by atoms with Crippen LogP contribution in [0.5, 0.6) is 0 Å². The SMILES string of the molecule is CC(C)Cc1ccc(C(NC(=O)C=Cc2cn(C)c(=O)n(C)c2=O)c2cccs2)cc1. The van der Waals surface area contributed by atoms with Gasteiger partial charge < -0.3 is 9.88 Å². The van der Waals surface area contributed by atoms with Crippen molar-refractivity contribution in [3.63, 3.8) is 0 Å². The van der Waals surface area contributed by atoms with Crippen molar-refractivity contribution < 1.29 is 4.79 Å². The van der Waals surface area contributed by atoms with Gasteiger partial charge in [-0.1, -0.05) is 44.2 Å². The van der Waals surface area contributed by atoms with Crippen LogP contribution < -0.4 is 16.6 Å². The average Bonchev–Trinajstić information content (AvgIpc) is 3.27. The second-order valence-corrected chi connectivity index (χ2v) is 8.95. The molecule has 0 fully saturated rings. The third-order valence-electron chi connectivity index (χ3n) is 4.96. The minimum absolute atomic E-state index is 0.269. The Morgan fingerprint density at radius 2 is 1.84 bits per heavy atom. The highest BCUT2D eigenvalue weighted by molar-refractivity contribution is 7.10. The number of benzene rings is 1. The number of aromatic nitrogens is 2. The maximum absolute atomic E-state index is 12.7. The van der Waals surface area contributed by atoms with Crippen molar-refractivity contribution in [1.82, 2.24) is 14.5 Å². The zero-order chi connectivity index (χ0) is 22.5. The molecule has 162 valence electrons. The maximum atomic E-state index is 12.7. The van der Waals surface area contributed by atoms with E-state index in [1.165, 1.54) is 35.5 Å². The highest BCUT2D eigenvalue weighted by Gasteiger charge is 2.17. The van der Waals surface area contributed by atoms with Gasteiger partial charge in [0.15, 0.2) is 0 Å². The molecule has 1 atom stereocenters. The molecule has 7 heteroatoms. The molecular weight excluding hydrogens is 410 g/mol. The number of thiophene rings is 1. The van der Waals surface area contributed by atoms with E-state index in [0.29, 0.717) is 5.92 Å². The van der Waals surface area contributed by atoms with Gasteiger partial charge in [0.25, 0.3) is 5.56 Å². The lowest BCUT2D eigenvalue weighted by atomic mass is 9.99. The first-order valence-corrected chi connectivity index (χ1v) is 11.0. The summed E-state index contributed by atoms with van der Waals surface area (Å²) >= 11 is 1.57. The Balaban J connectivity index is 1.83. The van der Waals surface area contributed by atoms with E-state index in [4.69, 9.17) is 0 Å². The van der Waals surface area contributed by atoms with Crippen LogP contribution in [0.4, 0.5) is 0 Å². The zero-order valence-corrected chi connectivity index (χ0v) is 19.0. The Hall–Kier alpha value is -3.19. The van der Waals surface area contributed by atoms with Gasteiger partial charge in [-0.3, -0.25) is 14.2 Å². The molecule has 2 aromatic heterocycles. The predicted octanol–water partition coefficient (Wildman–Crippen LogP) is 3.26. The summed E-state index contributed by atoms with van der Waals surface area (Å²) in [7, 11) is 2.98. The molecule has 0 spiro atoms. The van der Waals surface area contributed by atoms with Crippen molar-refractivity contribution in [2.75, 3.05) is 0 Å². The summed E-state index contributed by atoms with van der Waals surface area (Å²) in [6, 6.07) is 12.0. The van der Waals surface area contributed by atoms with Crippen LogP contribution >= 0.6 is 11.3 Å². The molecule has 3 rings (SSSR count). The maximum Gasteiger partial charge on any atom is 0.330 e. The number of nitrogens with one attached hydrogen (secondary N) is 1. The topological polar surface area (TPSA) is 73.1 Å². The lowest BCUT2D eigenvalue weighted by Crippen LogP contribution is -2.37. The Labute approximate surface area is 185 Å². The molecule has 0 bridgehead atoms. The van der Waals surface area contributed by atoms with Crippen LogP contribution in [-0.2, 0) is 25.3 Å². The fourth-order valence-electron chi connectivity index (χ4n) is 3.40. The number of rotatable bonds is 7. The normalized spacial score (nSPS) is 12.4. The molecule has 1 unspecified atom stereocenters. The van der Waals surface area contributed by atoms with Gasteiger partial charge in [0, 0.05) is 31.2 Å². The molecule has 1 N–H and O–H groups in total. The van der Waals surface area contributed by atoms with Crippen LogP contribution in [0.3, 0.4) is 0 Å². The summed E-state index contributed by atoms with van der Waals surface area (Å²) in [4.78, 5) is 37.8. The highest BCUT2D eigenvalue weighted by atomic mass is 32.1. The molecule has 0 saturated heterocycles. The number of carbonyl (C=O) groups is 1. The monoisotopic (exact) mass is 437 g/mol. The zero-order valence-electron chi connectivity index (χ0n) is 18.2. The lowest BCUT2D eigenvalue weighted by molar-refractivity contribution is -0.116. The molecule has 0 aliphatic carbocycles. The summed E-state index contributed by atoms with van der Waals surface area (Å²) < 4.78 is 2.33. The fraction of sp³-hybridized carbons (Fsp3) is 0.292. The van der Waals surface area contributed by atoms with Gasteiger partial charge in [-0.05, 0) is 41.0 Å². The largest absolute Gasteiger partial charge is 0.341 e. The fourth-order valence-corrected chi connectivity index (χ4v) is 4.20. The predicted molar refractivity (Wildman–Crippen MR) is 125 cm³/mol. The number of carbonyl (C=O) groups excluding carboxylic acids is 1. The van der Waals surface area contributed by atoms with Crippen molar-refractivity contribution in [1.29, 1.82) is 0 Å². The van der Waals surface area contributed by atoms with Crippen LogP contribution in [0.2, 0.25) is 0 Å². The van der Waals surface area contributed by atoms with Crippen molar-refractivity contribution in [3.8, 4) is 0 Å². The molecule has 6 nitrogen and oxygen atoms in total. The Morgan fingerprint density at radius 1 is 1.13 bits per heavy atom. The number of amides is 1. The van der Waals surface area contributed by atoms with Gasteiger partial charge in [-0.2, -0.15) is 0 Å². The molecule has 2 heterocycles. The highest BCUT2D eigenvalue weighted by Crippen LogP contribution is 2.26. The van der Waals surface area contributed by atoms with Gasteiger partial charge in [-0.25, -0.2) is 4.79 Å². The smallest absolute Gasteiger partial charge is 0.330 e. The van der Waals surface area contributed by atoms with Crippen LogP contribution in [0, 0.1) is 5.92 Å². The van der Waals surface area contributed by atoms with Gasteiger partial charge in [-0.15, -0.1) is 11.3 Å². The van der Waals surface area contributed by atoms with E-state index < -0.39 is 11.2 Å². The first-order valence-electron chi connectivity index (χ1n) is 10.1. The summed E-state index contributed by atoms with van der Waals surface area (Å²) in [6.45, 7) is 4.37. The summed E-state index contributed by atoms with van der Waals surface area (Å²) in [5.41, 5.74) is 1.67. The van der Waals surface area contributed by atoms with Crippen LogP contribution in [-0.4, -0.2) is 15.0 Å². The minimum atomic E-state index is -0.442. The van der Waals surface area contributed by atoms with Crippen LogP contribution in [0.1, 0.15) is 41.5 Å². The lowest BCUT2D eigenvalue weighted by Gasteiger charge is -2.18. The first kappa shape index (κ1) is 22.5. The van der Waals surface area contributed by atoms with Crippen molar-refractivity contribution in [2.24, 2.45) is 20.0 Å². The third-order valence-corrected chi connectivity index (χ3v) is 5.90. The van der Waals surface area contributed by atoms with E-state index >= 15 is 0 Å². The quantitative estimate of drug-likeness (QED) is 0.577. The van der Waals surface area contributed by atoms with Gasteiger partial charge in [0.1, 0.15) is 0 Å².